The van der Waals surface area contributed by atoms with Crippen LogP contribution >= 0.6 is 22.6 Å². The number of nitrogens with two attached hydrogens (primary N) is 1. The Labute approximate surface area is 139 Å². The smallest absolute Gasteiger partial charge is 0.256 e. The van der Waals surface area contributed by atoms with E-state index in [2.05, 4.69) is 48.3 Å². The van der Waals surface area contributed by atoms with E-state index in [1.54, 1.807) is 30.1 Å². The maximum atomic E-state index is 12.4. The van der Waals surface area contributed by atoms with E-state index in [-0.39, 0.29) is 11.9 Å². The predicted molar refractivity (Wildman–Crippen MR) is 91.2 cm³/mol. The van der Waals surface area contributed by atoms with Crippen molar-refractivity contribution in [1.29, 1.82) is 0 Å². The number of hydrogen-bond donors (Lipinski definition) is 3. The highest BCUT2D eigenvalue weighted by Gasteiger charge is 2.15. The van der Waals surface area contributed by atoms with Crippen LogP contribution in [0.4, 0.5) is 11.8 Å². The molecule has 0 aliphatic rings. The molecule has 3 aromatic rings. The molecule has 0 radical (unpaired) electrons. The van der Waals surface area contributed by atoms with E-state index in [1.807, 2.05) is 12.1 Å². The quantitative estimate of drug-likeness (QED) is 0.344. The molecule has 8 nitrogen and oxygen atoms in total. The number of hydrazine groups is 1. The summed E-state index contributed by atoms with van der Waals surface area (Å²) in [6, 6.07) is 7.25. The molecule has 2 aromatic heterocycles. The lowest BCUT2D eigenvalue weighted by Crippen LogP contribution is -2.16. The zero-order valence-electron chi connectivity index (χ0n) is 11.5. The van der Waals surface area contributed by atoms with Crippen LogP contribution < -0.4 is 16.6 Å². The second kappa shape index (κ2) is 5.85. The van der Waals surface area contributed by atoms with Crippen molar-refractivity contribution in [3.05, 3.63) is 39.7 Å². The van der Waals surface area contributed by atoms with Crippen LogP contribution in [0.15, 0.2) is 30.6 Å². The summed E-state index contributed by atoms with van der Waals surface area (Å²) in [6.07, 6.45) is 1.60. The van der Waals surface area contributed by atoms with E-state index in [0.29, 0.717) is 22.5 Å². The van der Waals surface area contributed by atoms with Gasteiger partial charge in [0.2, 0.25) is 5.95 Å². The van der Waals surface area contributed by atoms with Crippen molar-refractivity contribution in [1.82, 2.24) is 19.5 Å². The molecule has 4 N–H and O–H groups in total. The summed E-state index contributed by atoms with van der Waals surface area (Å²) >= 11 is 2.15. The van der Waals surface area contributed by atoms with Gasteiger partial charge < -0.3 is 9.88 Å². The average molecular weight is 409 g/mol. The van der Waals surface area contributed by atoms with Crippen LogP contribution in [0.25, 0.3) is 11.2 Å². The number of carbonyl (C=O) groups excluding carboxylic acids is 1. The summed E-state index contributed by atoms with van der Waals surface area (Å²) in [5.41, 5.74) is 3.99. The number of benzene rings is 1. The minimum absolute atomic E-state index is 0.203. The van der Waals surface area contributed by atoms with Gasteiger partial charge in [-0.15, -0.1) is 0 Å². The largest absolute Gasteiger partial charge is 0.318 e. The maximum Gasteiger partial charge on any atom is 0.256 e. The minimum atomic E-state index is -0.271. The van der Waals surface area contributed by atoms with Gasteiger partial charge >= 0.3 is 0 Å². The second-order valence-electron chi connectivity index (χ2n) is 4.53. The lowest BCUT2D eigenvalue weighted by molar-refractivity contribution is 0.102. The zero-order valence-corrected chi connectivity index (χ0v) is 13.7. The first-order chi connectivity index (χ1) is 10.6. The molecule has 9 heteroatoms. The van der Waals surface area contributed by atoms with Crippen molar-refractivity contribution in [2.45, 2.75) is 0 Å². The van der Waals surface area contributed by atoms with Crippen LogP contribution in [-0.2, 0) is 7.05 Å². The number of halogens is 1. The Hall–Kier alpha value is -2.27. The molecule has 0 fully saturated rings. The first kappa shape index (κ1) is 14.7. The van der Waals surface area contributed by atoms with E-state index in [1.165, 1.54) is 0 Å². The number of nitrogen functional groups attached to an aromatic ring is 1. The van der Waals surface area contributed by atoms with Crippen molar-refractivity contribution in [3.8, 4) is 0 Å². The molecule has 2 heterocycles. The molecule has 0 saturated heterocycles. The molecule has 3 rings (SSSR count). The summed E-state index contributed by atoms with van der Waals surface area (Å²) in [6.45, 7) is 0. The first-order valence-electron chi connectivity index (χ1n) is 6.31. The molecule has 0 spiro atoms. The fraction of sp³-hybridized carbons (Fsp3) is 0.0769. The Morgan fingerprint density at radius 3 is 2.91 bits per heavy atom. The third kappa shape index (κ3) is 2.72. The normalized spacial score (nSPS) is 10.7. The van der Waals surface area contributed by atoms with Crippen molar-refractivity contribution < 1.29 is 4.79 Å². The number of aromatic nitrogens is 4. The van der Waals surface area contributed by atoms with E-state index < -0.39 is 0 Å². The Morgan fingerprint density at radius 2 is 2.18 bits per heavy atom. The fourth-order valence-corrected chi connectivity index (χ4v) is 2.51. The molecule has 1 amide bonds. The number of fused-ring (bicyclic) bond motifs is 1. The van der Waals surface area contributed by atoms with Crippen LogP contribution in [0, 0.1) is 3.57 Å². The van der Waals surface area contributed by atoms with E-state index >= 15 is 0 Å². The molecule has 0 saturated carbocycles. The summed E-state index contributed by atoms with van der Waals surface area (Å²) in [4.78, 5) is 24.9. The summed E-state index contributed by atoms with van der Waals surface area (Å²) < 4.78 is 2.69. The summed E-state index contributed by atoms with van der Waals surface area (Å²) in [7, 11) is 1.80. The van der Waals surface area contributed by atoms with Crippen molar-refractivity contribution in [2.24, 2.45) is 12.9 Å². The van der Waals surface area contributed by atoms with E-state index in [4.69, 9.17) is 5.84 Å². The topological polar surface area (TPSA) is 111 Å². The highest BCUT2D eigenvalue weighted by Crippen LogP contribution is 2.20. The Balaban J connectivity index is 2.01. The fourth-order valence-electron chi connectivity index (χ4n) is 1.97. The number of amides is 1. The van der Waals surface area contributed by atoms with Gasteiger partial charge in [0.25, 0.3) is 5.91 Å². The van der Waals surface area contributed by atoms with Crippen LogP contribution in [0.3, 0.4) is 0 Å². The molecule has 0 bridgehead atoms. The predicted octanol–water partition coefficient (Wildman–Crippen LogP) is 1.51. The SMILES string of the molecule is Cn1cnc2c(NC(=O)c3cccc(I)c3)nc(NN)nc21. The Kier molecular flexibility index (Phi) is 3.90. The number of nitrogens with zero attached hydrogens (tertiary/aromatic N) is 4. The van der Waals surface area contributed by atoms with Crippen molar-refractivity contribution in [3.63, 3.8) is 0 Å². The number of hydrogen-bond acceptors (Lipinski definition) is 6. The number of imidazole rings is 1. The van der Waals surface area contributed by atoms with Crippen LogP contribution in [0.2, 0.25) is 0 Å². The zero-order chi connectivity index (χ0) is 15.7. The van der Waals surface area contributed by atoms with Gasteiger partial charge in [-0.2, -0.15) is 9.97 Å². The van der Waals surface area contributed by atoms with Crippen LogP contribution in [0.5, 0.6) is 0 Å². The van der Waals surface area contributed by atoms with Crippen molar-refractivity contribution in [2.75, 3.05) is 10.7 Å². The summed E-state index contributed by atoms with van der Waals surface area (Å²) in [5.74, 6) is 5.61. The second-order valence-corrected chi connectivity index (χ2v) is 5.78. The van der Waals surface area contributed by atoms with E-state index in [9.17, 15) is 4.79 Å². The molecule has 0 atom stereocenters. The van der Waals surface area contributed by atoms with Gasteiger partial charge in [0.1, 0.15) is 0 Å². The van der Waals surface area contributed by atoms with Crippen LogP contribution in [-0.4, -0.2) is 25.4 Å². The number of nitrogens with one attached hydrogen (secondary N) is 2. The highest BCUT2D eigenvalue weighted by molar-refractivity contribution is 14.1. The molecule has 0 aliphatic heterocycles. The maximum absolute atomic E-state index is 12.4. The lowest BCUT2D eigenvalue weighted by Gasteiger charge is -2.07. The first-order valence-corrected chi connectivity index (χ1v) is 7.39. The molecular formula is C13H12IN7O. The van der Waals surface area contributed by atoms with E-state index in [0.717, 1.165) is 3.57 Å². The average Bonchev–Trinajstić information content (AvgIpc) is 2.89. The minimum Gasteiger partial charge on any atom is -0.318 e. The van der Waals surface area contributed by atoms with Gasteiger partial charge in [0.15, 0.2) is 17.0 Å². The monoisotopic (exact) mass is 409 g/mol. The van der Waals surface area contributed by atoms with Crippen molar-refractivity contribution >= 4 is 51.4 Å². The number of carbonyl (C=O) groups is 1. The molecular weight excluding hydrogens is 397 g/mol. The number of rotatable bonds is 3. The Morgan fingerprint density at radius 1 is 1.36 bits per heavy atom. The number of aryl methyl sites for hydroxylation is 1. The third-order valence-electron chi connectivity index (χ3n) is 3.01. The molecule has 0 unspecified atom stereocenters. The summed E-state index contributed by atoms with van der Waals surface area (Å²) in [5, 5.41) is 2.75. The van der Waals surface area contributed by atoms with Gasteiger partial charge in [-0.05, 0) is 40.8 Å². The third-order valence-corrected chi connectivity index (χ3v) is 3.68. The highest BCUT2D eigenvalue weighted by atomic mass is 127. The standard InChI is InChI=1S/C13H12IN7O/c1-21-6-16-9-10(18-13(20-15)19-11(9)21)17-12(22)7-3-2-4-8(14)5-7/h2-6H,15H2,1H3,(H2,17,18,19,20,22). The van der Waals surface area contributed by atoms with Gasteiger partial charge in [0, 0.05) is 16.2 Å². The van der Waals surface area contributed by atoms with Crippen LogP contribution in [0.1, 0.15) is 10.4 Å². The molecule has 0 aliphatic carbocycles. The van der Waals surface area contributed by atoms with Gasteiger partial charge in [-0.3, -0.25) is 10.2 Å². The number of anilines is 2. The lowest BCUT2D eigenvalue weighted by atomic mass is 10.2. The van der Waals surface area contributed by atoms with Gasteiger partial charge in [0.05, 0.1) is 6.33 Å². The Bertz CT molecular complexity index is 861. The molecule has 22 heavy (non-hydrogen) atoms. The molecule has 1 aromatic carbocycles. The van der Waals surface area contributed by atoms with Gasteiger partial charge in [-0.1, -0.05) is 6.07 Å². The van der Waals surface area contributed by atoms with Gasteiger partial charge in [-0.25, -0.2) is 10.8 Å². The molecule has 112 valence electrons.